The predicted octanol–water partition coefficient (Wildman–Crippen LogP) is 2.33. The molecule has 1 heterocycles. The number of hydrogen-bond donors (Lipinski definition) is 0. The molecule has 1 aliphatic rings. The second-order valence-electron chi connectivity index (χ2n) is 6.54. The Labute approximate surface area is 163 Å². The lowest BCUT2D eigenvalue weighted by atomic mass is 10.2. The first-order chi connectivity index (χ1) is 13.5. The molecular weight excluding hydrogens is 362 g/mol. The van der Waals surface area contributed by atoms with Gasteiger partial charge in [0, 0.05) is 44.9 Å². The first kappa shape index (κ1) is 19.6. The normalized spacial score (nSPS) is 14.5. The van der Waals surface area contributed by atoms with E-state index < -0.39 is 4.92 Å². The molecule has 3 rings (SSSR count). The SMILES string of the molecule is COc1ccc(OCC(=O)N2CCN(Cc3ccc([N+](=O)[O-])cc3)CC2)cc1. The number of nitrogens with zero attached hydrogens (tertiary/aromatic N) is 3. The van der Waals surface area contributed by atoms with Crippen molar-refractivity contribution < 1.29 is 19.2 Å². The Kier molecular flexibility index (Phi) is 6.44. The van der Waals surface area contributed by atoms with Gasteiger partial charge in [0.05, 0.1) is 12.0 Å². The summed E-state index contributed by atoms with van der Waals surface area (Å²) in [5.41, 5.74) is 1.12. The largest absolute Gasteiger partial charge is 0.497 e. The summed E-state index contributed by atoms with van der Waals surface area (Å²) < 4.78 is 10.7. The molecule has 1 aliphatic heterocycles. The van der Waals surface area contributed by atoms with Crippen LogP contribution in [0.25, 0.3) is 0 Å². The van der Waals surface area contributed by atoms with Gasteiger partial charge in [0.25, 0.3) is 11.6 Å². The van der Waals surface area contributed by atoms with Crippen molar-refractivity contribution in [2.75, 3.05) is 39.9 Å². The van der Waals surface area contributed by atoms with Crippen molar-refractivity contribution in [3.8, 4) is 11.5 Å². The van der Waals surface area contributed by atoms with Crippen molar-refractivity contribution >= 4 is 11.6 Å². The Hall–Kier alpha value is -3.13. The van der Waals surface area contributed by atoms with E-state index >= 15 is 0 Å². The van der Waals surface area contributed by atoms with Gasteiger partial charge in [-0.2, -0.15) is 0 Å². The highest BCUT2D eigenvalue weighted by Gasteiger charge is 2.21. The monoisotopic (exact) mass is 385 g/mol. The first-order valence-corrected chi connectivity index (χ1v) is 9.05. The molecule has 0 spiro atoms. The number of nitro benzene ring substituents is 1. The smallest absolute Gasteiger partial charge is 0.269 e. The van der Waals surface area contributed by atoms with E-state index in [0.29, 0.717) is 25.4 Å². The van der Waals surface area contributed by atoms with Crippen LogP contribution in [0, 0.1) is 10.1 Å². The van der Waals surface area contributed by atoms with Crippen LogP contribution in [0.15, 0.2) is 48.5 Å². The van der Waals surface area contributed by atoms with Crippen LogP contribution in [0.3, 0.4) is 0 Å². The second-order valence-corrected chi connectivity index (χ2v) is 6.54. The first-order valence-electron chi connectivity index (χ1n) is 9.05. The summed E-state index contributed by atoms with van der Waals surface area (Å²) in [6.07, 6.45) is 0. The van der Waals surface area contributed by atoms with E-state index in [9.17, 15) is 14.9 Å². The molecule has 0 aromatic heterocycles. The molecule has 0 atom stereocenters. The minimum absolute atomic E-state index is 0.00861. The van der Waals surface area contributed by atoms with Gasteiger partial charge < -0.3 is 14.4 Å². The Morgan fingerprint density at radius 3 is 2.18 bits per heavy atom. The number of hydrogen-bond acceptors (Lipinski definition) is 6. The van der Waals surface area contributed by atoms with Crippen molar-refractivity contribution in [2.24, 2.45) is 0 Å². The number of carbonyl (C=O) groups excluding carboxylic acids is 1. The van der Waals surface area contributed by atoms with Gasteiger partial charge in [0.1, 0.15) is 11.5 Å². The van der Waals surface area contributed by atoms with Crippen LogP contribution in [-0.4, -0.2) is 60.5 Å². The molecule has 0 aliphatic carbocycles. The molecule has 148 valence electrons. The van der Waals surface area contributed by atoms with Gasteiger partial charge in [-0.3, -0.25) is 19.8 Å². The van der Waals surface area contributed by atoms with Crippen molar-refractivity contribution in [2.45, 2.75) is 6.54 Å². The quantitative estimate of drug-likeness (QED) is 0.537. The topological polar surface area (TPSA) is 85.2 Å². The van der Waals surface area contributed by atoms with E-state index in [1.807, 2.05) is 0 Å². The Morgan fingerprint density at radius 2 is 1.61 bits per heavy atom. The summed E-state index contributed by atoms with van der Waals surface area (Å²) in [5.74, 6) is 1.33. The summed E-state index contributed by atoms with van der Waals surface area (Å²) in [4.78, 5) is 26.7. The third-order valence-corrected chi connectivity index (χ3v) is 4.70. The summed E-state index contributed by atoms with van der Waals surface area (Å²) >= 11 is 0. The van der Waals surface area contributed by atoms with Crippen molar-refractivity contribution in [3.63, 3.8) is 0 Å². The van der Waals surface area contributed by atoms with E-state index in [2.05, 4.69) is 4.90 Å². The zero-order chi connectivity index (χ0) is 19.9. The van der Waals surface area contributed by atoms with Crippen LogP contribution in [0.4, 0.5) is 5.69 Å². The molecule has 2 aromatic rings. The van der Waals surface area contributed by atoms with Gasteiger partial charge in [-0.25, -0.2) is 0 Å². The molecule has 0 radical (unpaired) electrons. The van der Waals surface area contributed by atoms with Gasteiger partial charge in [0.15, 0.2) is 6.61 Å². The summed E-state index contributed by atoms with van der Waals surface area (Å²) in [5, 5.41) is 10.7. The summed E-state index contributed by atoms with van der Waals surface area (Å²) in [6.45, 7) is 3.50. The second kappa shape index (κ2) is 9.18. The maximum atomic E-state index is 12.4. The average Bonchev–Trinajstić information content (AvgIpc) is 2.73. The standard InChI is InChI=1S/C20H23N3O5/c1-27-18-6-8-19(9-7-18)28-15-20(24)22-12-10-21(11-13-22)14-16-2-4-17(5-3-16)23(25)26/h2-9H,10-15H2,1H3. The molecule has 28 heavy (non-hydrogen) atoms. The van der Waals surface area contributed by atoms with Crippen LogP contribution in [0.5, 0.6) is 11.5 Å². The third-order valence-electron chi connectivity index (χ3n) is 4.70. The number of non-ortho nitro benzene ring substituents is 1. The summed E-state index contributed by atoms with van der Waals surface area (Å²) in [6, 6.07) is 13.7. The van der Waals surface area contributed by atoms with E-state index in [4.69, 9.17) is 9.47 Å². The minimum Gasteiger partial charge on any atom is -0.497 e. The van der Waals surface area contributed by atoms with Gasteiger partial charge in [-0.15, -0.1) is 0 Å². The van der Waals surface area contributed by atoms with E-state index in [1.54, 1.807) is 48.4 Å². The van der Waals surface area contributed by atoms with Crippen molar-refractivity contribution in [3.05, 3.63) is 64.2 Å². The molecule has 1 fully saturated rings. The highest BCUT2D eigenvalue weighted by molar-refractivity contribution is 5.77. The molecule has 2 aromatic carbocycles. The number of methoxy groups -OCH3 is 1. The number of amides is 1. The zero-order valence-corrected chi connectivity index (χ0v) is 15.7. The molecule has 1 amide bonds. The summed E-state index contributed by atoms with van der Waals surface area (Å²) in [7, 11) is 1.60. The highest BCUT2D eigenvalue weighted by atomic mass is 16.6. The Morgan fingerprint density at radius 1 is 1.00 bits per heavy atom. The van der Waals surface area contributed by atoms with Gasteiger partial charge in [-0.05, 0) is 29.8 Å². The molecule has 8 nitrogen and oxygen atoms in total. The third kappa shape index (κ3) is 5.20. The Bertz CT molecular complexity index is 800. The van der Waals surface area contributed by atoms with E-state index in [1.165, 1.54) is 12.1 Å². The molecule has 8 heteroatoms. The zero-order valence-electron chi connectivity index (χ0n) is 15.7. The molecule has 0 N–H and O–H groups in total. The number of piperazine rings is 1. The lowest BCUT2D eigenvalue weighted by molar-refractivity contribution is -0.384. The lowest BCUT2D eigenvalue weighted by Gasteiger charge is -2.34. The molecule has 0 unspecified atom stereocenters. The number of rotatable bonds is 7. The van der Waals surface area contributed by atoms with Crippen molar-refractivity contribution in [1.82, 2.24) is 9.80 Å². The van der Waals surface area contributed by atoms with E-state index in [0.717, 1.165) is 24.4 Å². The molecule has 0 saturated carbocycles. The number of nitro groups is 1. The van der Waals surface area contributed by atoms with Crippen LogP contribution >= 0.6 is 0 Å². The maximum absolute atomic E-state index is 12.4. The maximum Gasteiger partial charge on any atom is 0.269 e. The lowest BCUT2D eigenvalue weighted by Crippen LogP contribution is -2.49. The highest BCUT2D eigenvalue weighted by Crippen LogP contribution is 2.17. The van der Waals surface area contributed by atoms with Crippen LogP contribution in [-0.2, 0) is 11.3 Å². The average molecular weight is 385 g/mol. The minimum atomic E-state index is -0.401. The van der Waals surface area contributed by atoms with Gasteiger partial charge in [-0.1, -0.05) is 12.1 Å². The number of benzene rings is 2. The van der Waals surface area contributed by atoms with Gasteiger partial charge >= 0.3 is 0 Å². The van der Waals surface area contributed by atoms with Gasteiger partial charge in [0.2, 0.25) is 0 Å². The van der Waals surface area contributed by atoms with Crippen molar-refractivity contribution in [1.29, 1.82) is 0 Å². The fourth-order valence-electron chi connectivity index (χ4n) is 3.04. The molecular formula is C20H23N3O5. The fourth-order valence-corrected chi connectivity index (χ4v) is 3.04. The van der Waals surface area contributed by atoms with Crippen LogP contribution in [0.2, 0.25) is 0 Å². The number of carbonyl (C=O) groups is 1. The predicted molar refractivity (Wildman–Crippen MR) is 103 cm³/mol. The molecule has 1 saturated heterocycles. The van der Waals surface area contributed by atoms with Crippen LogP contribution < -0.4 is 9.47 Å². The molecule has 0 bridgehead atoms. The van der Waals surface area contributed by atoms with E-state index in [-0.39, 0.29) is 18.2 Å². The fraction of sp³-hybridized carbons (Fsp3) is 0.350. The number of ether oxygens (including phenoxy) is 2. The van der Waals surface area contributed by atoms with Crippen LogP contribution in [0.1, 0.15) is 5.56 Å². The Balaban J connectivity index is 1.42.